The summed E-state index contributed by atoms with van der Waals surface area (Å²) in [6, 6.07) is 0. The van der Waals surface area contributed by atoms with E-state index in [1.54, 1.807) is 15.0 Å². The van der Waals surface area contributed by atoms with Gasteiger partial charge in [-0.15, -0.1) is 0 Å². The molecule has 0 heterocycles. The van der Waals surface area contributed by atoms with Gasteiger partial charge in [-0.2, -0.15) is 0 Å². The van der Waals surface area contributed by atoms with Crippen molar-refractivity contribution in [1.82, 2.24) is 0 Å². The molecule has 0 saturated heterocycles. The van der Waals surface area contributed by atoms with Crippen LogP contribution in [0.25, 0.3) is 0 Å². The van der Waals surface area contributed by atoms with Gasteiger partial charge in [0.15, 0.2) is 0 Å². The minimum Gasteiger partial charge on any atom is -1.00 e. The van der Waals surface area contributed by atoms with Crippen LogP contribution in [0.5, 0.6) is 0 Å². The fourth-order valence-electron chi connectivity index (χ4n) is 3.61. The molecule has 0 aromatic carbocycles. The van der Waals surface area contributed by atoms with Gasteiger partial charge in [0, 0.05) is 0 Å². The van der Waals surface area contributed by atoms with E-state index >= 15 is 0 Å². The van der Waals surface area contributed by atoms with Crippen LogP contribution >= 0.6 is 11.8 Å². The molecule has 0 aromatic heterocycles. The zero-order valence-electron chi connectivity index (χ0n) is 16.6. The summed E-state index contributed by atoms with van der Waals surface area (Å²) in [5, 5.41) is 0. The van der Waals surface area contributed by atoms with Gasteiger partial charge in [-0.1, -0.05) is 0 Å². The summed E-state index contributed by atoms with van der Waals surface area (Å²) in [5.74, 6) is 0. The average Bonchev–Trinajstić information content (AvgIpc) is 2.82. The normalized spacial score (nSPS) is 23.7. The number of halogens is 2. The van der Waals surface area contributed by atoms with Crippen LogP contribution in [-0.2, 0) is 20.4 Å². The van der Waals surface area contributed by atoms with Crippen LogP contribution in [-0.4, -0.2) is 11.0 Å². The van der Waals surface area contributed by atoms with E-state index in [9.17, 15) is 0 Å². The Hall–Kier alpha value is 0.604. The molecule has 0 radical (unpaired) electrons. The second-order valence-corrected chi connectivity index (χ2v) is 11.0. The quantitative estimate of drug-likeness (QED) is 0.587. The van der Waals surface area contributed by atoms with E-state index in [1.807, 2.05) is 11.8 Å². The van der Waals surface area contributed by atoms with Crippen molar-refractivity contribution in [1.29, 1.82) is 0 Å². The van der Waals surface area contributed by atoms with Crippen molar-refractivity contribution in [2.45, 2.75) is 65.6 Å². The molecule has 0 N–H and O–H groups in total. The van der Waals surface area contributed by atoms with Crippen molar-refractivity contribution in [3.05, 3.63) is 44.9 Å². The van der Waals surface area contributed by atoms with Crippen molar-refractivity contribution >= 4 is 11.8 Å². The van der Waals surface area contributed by atoms with E-state index in [0.717, 1.165) is 19.3 Å². The topological polar surface area (TPSA) is 0 Å². The van der Waals surface area contributed by atoms with E-state index in [2.05, 4.69) is 92.5 Å². The first-order valence-electron chi connectivity index (χ1n) is 8.58. The molecule has 0 aromatic rings. The number of thioether (sulfide) groups is 1. The van der Waals surface area contributed by atoms with Gasteiger partial charge in [-0.3, -0.25) is 0 Å². The third kappa shape index (κ3) is 5.79. The molecule has 2 aliphatic carbocycles. The Labute approximate surface area is 183 Å². The van der Waals surface area contributed by atoms with Crippen LogP contribution < -0.4 is 24.8 Å². The molecular formula is C21H31Cl2STi. The van der Waals surface area contributed by atoms with Gasteiger partial charge in [0.25, 0.3) is 0 Å². The molecule has 1 atom stereocenters. The molecule has 25 heavy (non-hydrogen) atoms. The number of allylic oxidation sites excluding steroid dienone is 7. The van der Waals surface area contributed by atoms with Gasteiger partial charge >= 0.3 is 160 Å². The Kier molecular flexibility index (Phi) is 9.42. The standard InChI is InChI=1S/C21H31S.2ClH.Ti/c1-19(2,3)17-12-13-21(22-7,15-16-10-8-9-11-16)18(14-17)20(4,5)6;;;/h8,10,12,14H,9,13,15H2,1-7H3;2*1H;/q;;;+2/p-2. The average molecular weight is 434 g/mol. The summed E-state index contributed by atoms with van der Waals surface area (Å²) < 4.78 is 1.76. The first kappa shape index (κ1) is 25.6. The second kappa shape index (κ2) is 9.20. The van der Waals surface area contributed by atoms with Crippen molar-refractivity contribution in [3.63, 3.8) is 0 Å². The van der Waals surface area contributed by atoms with Gasteiger partial charge < -0.3 is 24.8 Å². The summed E-state index contributed by atoms with van der Waals surface area (Å²) >= 11 is 4.34. The number of hydrogen-bond acceptors (Lipinski definition) is 1. The molecule has 0 saturated carbocycles. The predicted molar refractivity (Wildman–Crippen MR) is 101 cm³/mol. The smallest absolute Gasteiger partial charge is 1.00 e. The molecule has 139 valence electrons. The van der Waals surface area contributed by atoms with Gasteiger partial charge in [0.2, 0.25) is 0 Å². The number of rotatable bonds is 3. The maximum absolute atomic E-state index is 2.52. The summed E-state index contributed by atoms with van der Waals surface area (Å²) in [6.45, 7) is 14.1. The van der Waals surface area contributed by atoms with E-state index in [4.69, 9.17) is 0 Å². The van der Waals surface area contributed by atoms with Gasteiger partial charge in [-0.05, 0) is 0 Å². The van der Waals surface area contributed by atoms with Gasteiger partial charge in [0.05, 0.1) is 0 Å². The van der Waals surface area contributed by atoms with Crippen molar-refractivity contribution < 1.29 is 45.2 Å². The van der Waals surface area contributed by atoms with Crippen molar-refractivity contribution in [2.75, 3.05) is 6.26 Å². The molecule has 0 bridgehead atoms. The predicted octanol–water partition coefficient (Wildman–Crippen LogP) is 0.596. The molecule has 0 aliphatic heterocycles. The van der Waals surface area contributed by atoms with E-state index in [1.165, 1.54) is 5.57 Å². The molecule has 2 rings (SSSR count). The maximum atomic E-state index is 2.52. The van der Waals surface area contributed by atoms with Crippen LogP contribution in [0.1, 0.15) is 60.8 Å². The molecule has 0 amide bonds. The van der Waals surface area contributed by atoms with Crippen LogP contribution in [0.15, 0.2) is 44.9 Å². The molecule has 0 nitrogen and oxygen atoms in total. The second-order valence-electron chi connectivity index (χ2n) is 8.91. The summed E-state index contributed by atoms with van der Waals surface area (Å²) in [4.78, 5) is 0. The summed E-state index contributed by atoms with van der Waals surface area (Å²) in [6.07, 6.45) is 15.4. The van der Waals surface area contributed by atoms with Crippen LogP contribution in [0.4, 0.5) is 0 Å². The third-order valence-corrected chi connectivity index (χ3v) is 7.14. The molecule has 4 heteroatoms. The van der Waals surface area contributed by atoms with Crippen LogP contribution in [0.2, 0.25) is 0 Å². The van der Waals surface area contributed by atoms with Gasteiger partial charge in [0.1, 0.15) is 0 Å². The molecule has 2 aliphatic rings. The first-order chi connectivity index (χ1) is 10.5. The van der Waals surface area contributed by atoms with Crippen LogP contribution in [0, 0.1) is 10.8 Å². The minimum atomic E-state index is 0. The largest absolute Gasteiger partial charge is 1.00 e. The van der Waals surface area contributed by atoms with Crippen LogP contribution in [0.3, 0.4) is 0 Å². The van der Waals surface area contributed by atoms with Gasteiger partial charge in [-0.25, -0.2) is 0 Å². The van der Waals surface area contributed by atoms with Crippen molar-refractivity contribution in [3.8, 4) is 0 Å². The summed E-state index contributed by atoms with van der Waals surface area (Å²) in [7, 11) is 0. The Morgan fingerprint density at radius 1 is 1.08 bits per heavy atom. The van der Waals surface area contributed by atoms with Crippen molar-refractivity contribution in [2.24, 2.45) is 10.8 Å². The Morgan fingerprint density at radius 3 is 2.08 bits per heavy atom. The maximum Gasteiger partial charge on any atom is -1.00 e. The fraction of sp³-hybridized carbons (Fsp3) is 0.619. The third-order valence-electron chi connectivity index (χ3n) is 5.01. The number of hydrogen-bond donors (Lipinski definition) is 0. The first-order valence-corrected chi connectivity index (χ1v) is 10.6. The summed E-state index contributed by atoms with van der Waals surface area (Å²) in [5.41, 5.74) is 5.10. The zero-order chi connectivity index (χ0) is 17.5. The molecule has 1 unspecified atom stereocenters. The molecule has 0 fully saturated rings. The minimum absolute atomic E-state index is 0. The Bertz CT molecular complexity index is 600. The molecular weight excluding hydrogens is 403 g/mol. The van der Waals surface area contributed by atoms with E-state index < -0.39 is 0 Å². The monoisotopic (exact) mass is 433 g/mol. The Balaban J connectivity index is 0.00000288. The van der Waals surface area contributed by atoms with E-state index in [0.29, 0.717) is 0 Å². The molecule has 0 spiro atoms. The fourth-order valence-corrected chi connectivity index (χ4v) is 5.20. The Morgan fingerprint density at radius 2 is 1.68 bits per heavy atom. The SMILES string of the molecule is CSC1(CC2=[C]([Ti+2])CC=C2)CC=C(C(C)(C)C)C=C1C(C)(C)C.[Cl-].[Cl-]. The van der Waals surface area contributed by atoms with E-state index in [-0.39, 0.29) is 40.4 Å². The zero-order valence-corrected chi connectivity index (χ0v) is 20.5.